The molecule has 0 bridgehead atoms. The highest BCUT2D eigenvalue weighted by Gasteiger charge is 2.18. The van der Waals surface area contributed by atoms with Crippen molar-refractivity contribution in [2.45, 2.75) is 26.4 Å². The second-order valence-corrected chi connectivity index (χ2v) is 7.09. The normalized spacial score (nSPS) is 10.6. The molecular weight excluding hydrogens is 422 g/mol. The number of pyridine rings is 1. The van der Waals surface area contributed by atoms with Gasteiger partial charge >= 0.3 is 5.97 Å². The predicted octanol–water partition coefficient (Wildman–Crippen LogP) is 5.10. The first-order valence-corrected chi connectivity index (χ1v) is 9.82. The summed E-state index contributed by atoms with van der Waals surface area (Å²) in [6.07, 6.45) is 0.0421. The lowest BCUT2D eigenvalue weighted by molar-refractivity contribution is -0.143. The number of fused-ring (bicyclic) bond motifs is 1. The van der Waals surface area contributed by atoms with Crippen LogP contribution in [0, 0.1) is 0 Å². The number of carbonyl (C=O) groups excluding carboxylic acids is 2. The van der Waals surface area contributed by atoms with E-state index in [2.05, 4.69) is 20.9 Å². The first-order valence-electron chi connectivity index (χ1n) is 9.02. The first-order chi connectivity index (χ1) is 13.6. The minimum absolute atomic E-state index is 0.0187. The van der Waals surface area contributed by atoms with Gasteiger partial charge in [0.2, 0.25) is 0 Å². The number of Topliss-reactive ketones (excluding diaryl/α,β-unsaturated/α-hetero) is 1. The van der Waals surface area contributed by atoms with Crippen molar-refractivity contribution in [3.8, 4) is 5.75 Å². The van der Waals surface area contributed by atoms with Crippen LogP contribution in [0.4, 0.5) is 0 Å². The van der Waals surface area contributed by atoms with Crippen LogP contribution < -0.4 is 4.74 Å². The van der Waals surface area contributed by atoms with Crippen LogP contribution >= 0.6 is 15.9 Å². The summed E-state index contributed by atoms with van der Waals surface area (Å²) in [6, 6.07) is 17.1. The molecule has 0 saturated heterocycles. The van der Waals surface area contributed by atoms with Gasteiger partial charge in [0.05, 0.1) is 18.5 Å². The number of hydrogen-bond donors (Lipinski definition) is 0. The van der Waals surface area contributed by atoms with Gasteiger partial charge in [-0.15, -0.1) is 0 Å². The summed E-state index contributed by atoms with van der Waals surface area (Å²) in [6.45, 7) is 2.35. The minimum Gasteiger partial charge on any atom is -0.486 e. The molecule has 2 aromatic carbocycles. The van der Waals surface area contributed by atoms with Gasteiger partial charge in [0.1, 0.15) is 18.1 Å². The fourth-order valence-electron chi connectivity index (χ4n) is 2.74. The number of carbonyl (C=O) groups is 2. The molecule has 1 aromatic heterocycles. The van der Waals surface area contributed by atoms with Gasteiger partial charge in [-0.05, 0) is 36.8 Å². The van der Waals surface area contributed by atoms with Crippen LogP contribution in [0.3, 0.4) is 0 Å². The van der Waals surface area contributed by atoms with E-state index in [0.717, 1.165) is 15.4 Å². The van der Waals surface area contributed by atoms with Crippen molar-refractivity contribution in [2.75, 3.05) is 6.61 Å². The molecular formula is C22H20BrNO4. The van der Waals surface area contributed by atoms with Crippen LogP contribution in [0.5, 0.6) is 5.75 Å². The molecule has 0 aliphatic carbocycles. The summed E-state index contributed by atoms with van der Waals surface area (Å²) >= 11 is 3.45. The number of esters is 1. The maximum Gasteiger partial charge on any atom is 0.306 e. The van der Waals surface area contributed by atoms with Gasteiger partial charge in [-0.1, -0.05) is 46.3 Å². The molecule has 0 radical (unpaired) electrons. The van der Waals surface area contributed by atoms with Crippen molar-refractivity contribution >= 4 is 38.6 Å². The van der Waals surface area contributed by atoms with E-state index in [1.807, 2.05) is 54.6 Å². The van der Waals surface area contributed by atoms with Gasteiger partial charge in [-0.2, -0.15) is 0 Å². The summed E-state index contributed by atoms with van der Waals surface area (Å²) in [5.41, 5.74) is 1.91. The number of aromatic nitrogens is 1. The van der Waals surface area contributed by atoms with Crippen molar-refractivity contribution in [1.29, 1.82) is 0 Å². The molecule has 0 fully saturated rings. The SMILES string of the molecule is CCOC(=O)CCC(=O)c1nc2ccc(Br)cc2cc1OCc1ccccc1. The topological polar surface area (TPSA) is 65.5 Å². The van der Waals surface area contributed by atoms with E-state index in [4.69, 9.17) is 9.47 Å². The molecule has 0 saturated carbocycles. The zero-order valence-corrected chi connectivity index (χ0v) is 17.1. The number of nitrogens with zero attached hydrogens (tertiary/aromatic N) is 1. The molecule has 0 aliphatic rings. The largest absolute Gasteiger partial charge is 0.486 e. The maximum atomic E-state index is 12.7. The Morgan fingerprint density at radius 2 is 1.82 bits per heavy atom. The highest BCUT2D eigenvalue weighted by atomic mass is 79.9. The van der Waals surface area contributed by atoms with E-state index in [1.165, 1.54) is 0 Å². The summed E-state index contributed by atoms with van der Waals surface area (Å²) < 4.78 is 11.7. The lowest BCUT2D eigenvalue weighted by Crippen LogP contribution is -2.11. The van der Waals surface area contributed by atoms with Gasteiger partial charge < -0.3 is 9.47 Å². The monoisotopic (exact) mass is 441 g/mol. The molecule has 0 unspecified atom stereocenters. The molecule has 1 heterocycles. The summed E-state index contributed by atoms with van der Waals surface area (Å²) in [4.78, 5) is 28.8. The molecule has 144 valence electrons. The lowest BCUT2D eigenvalue weighted by atomic mass is 10.1. The Balaban J connectivity index is 1.88. The van der Waals surface area contributed by atoms with Crippen molar-refractivity contribution in [2.24, 2.45) is 0 Å². The molecule has 3 aromatic rings. The number of hydrogen-bond acceptors (Lipinski definition) is 5. The van der Waals surface area contributed by atoms with E-state index >= 15 is 0 Å². The quantitative estimate of drug-likeness (QED) is 0.359. The summed E-state index contributed by atoms with van der Waals surface area (Å²) in [5.74, 6) is -0.239. The molecule has 0 spiro atoms. The number of rotatable bonds is 8. The fourth-order valence-corrected chi connectivity index (χ4v) is 3.12. The Bertz CT molecular complexity index is 988. The Labute approximate surface area is 171 Å². The van der Waals surface area contributed by atoms with Crippen LogP contribution in [0.2, 0.25) is 0 Å². The Kier molecular flexibility index (Phi) is 6.76. The molecule has 5 nitrogen and oxygen atoms in total. The van der Waals surface area contributed by atoms with Gasteiger partial charge in [0.15, 0.2) is 5.78 Å². The Hall–Kier alpha value is -2.73. The third kappa shape index (κ3) is 5.16. The lowest BCUT2D eigenvalue weighted by Gasteiger charge is -2.12. The van der Waals surface area contributed by atoms with Crippen molar-refractivity contribution in [3.63, 3.8) is 0 Å². The van der Waals surface area contributed by atoms with Crippen molar-refractivity contribution < 1.29 is 19.1 Å². The smallest absolute Gasteiger partial charge is 0.306 e. The fraction of sp³-hybridized carbons (Fsp3) is 0.227. The molecule has 28 heavy (non-hydrogen) atoms. The molecule has 3 rings (SSSR count). The third-order valence-corrected chi connectivity index (χ3v) is 4.60. The van der Waals surface area contributed by atoms with Crippen LogP contribution in [0.15, 0.2) is 59.1 Å². The highest BCUT2D eigenvalue weighted by molar-refractivity contribution is 9.10. The molecule has 0 aliphatic heterocycles. The second-order valence-electron chi connectivity index (χ2n) is 6.17. The van der Waals surface area contributed by atoms with Gasteiger partial charge in [-0.3, -0.25) is 9.59 Å². The first kappa shape index (κ1) is 20.0. The average molecular weight is 442 g/mol. The average Bonchev–Trinajstić information content (AvgIpc) is 2.70. The van der Waals surface area contributed by atoms with Crippen molar-refractivity contribution in [1.82, 2.24) is 4.98 Å². The molecule has 0 amide bonds. The Morgan fingerprint density at radius 3 is 2.57 bits per heavy atom. The van der Waals surface area contributed by atoms with E-state index in [-0.39, 0.29) is 24.3 Å². The van der Waals surface area contributed by atoms with E-state index < -0.39 is 5.97 Å². The van der Waals surface area contributed by atoms with Gasteiger partial charge in [-0.25, -0.2) is 4.98 Å². The number of halogens is 1. The number of ketones is 1. The summed E-state index contributed by atoms with van der Waals surface area (Å²) in [5, 5.41) is 0.861. The Morgan fingerprint density at radius 1 is 1.04 bits per heavy atom. The van der Waals surface area contributed by atoms with Crippen LogP contribution in [-0.4, -0.2) is 23.3 Å². The highest BCUT2D eigenvalue weighted by Crippen LogP contribution is 2.27. The maximum absolute atomic E-state index is 12.7. The van der Waals surface area contributed by atoms with Gasteiger partial charge in [0, 0.05) is 16.3 Å². The zero-order chi connectivity index (χ0) is 19.9. The van der Waals surface area contributed by atoms with E-state index in [1.54, 1.807) is 6.92 Å². The molecule has 0 N–H and O–H groups in total. The second kappa shape index (κ2) is 9.46. The predicted molar refractivity (Wildman–Crippen MR) is 110 cm³/mol. The minimum atomic E-state index is -0.396. The summed E-state index contributed by atoms with van der Waals surface area (Å²) in [7, 11) is 0. The van der Waals surface area contributed by atoms with E-state index in [0.29, 0.717) is 24.5 Å². The van der Waals surface area contributed by atoms with Crippen LogP contribution in [0.1, 0.15) is 35.8 Å². The van der Waals surface area contributed by atoms with Crippen LogP contribution in [-0.2, 0) is 16.1 Å². The molecule has 0 atom stereocenters. The van der Waals surface area contributed by atoms with Gasteiger partial charge in [0.25, 0.3) is 0 Å². The molecule has 6 heteroatoms. The standard InChI is InChI=1S/C22H20BrNO4/c1-2-27-21(26)11-10-19(25)22-20(28-14-15-6-4-3-5-7-15)13-16-12-17(23)8-9-18(16)24-22/h3-9,12-13H,2,10-11,14H2,1H3. The van der Waals surface area contributed by atoms with Crippen molar-refractivity contribution in [3.05, 3.63) is 70.3 Å². The third-order valence-electron chi connectivity index (χ3n) is 4.10. The van der Waals surface area contributed by atoms with Crippen LogP contribution in [0.25, 0.3) is 10.9 Å². The number of ether oxygens (including phenoxy) is 2. The van der Waals surface area contributed by atoms with E-state index in [9.17, 15) is 9.59 Å². The zero-order valence-electron chi connectivity index (χ0n) is 15.5. The number of benzene rings is 2.